The van der Waals surface area contributed by atoms with Gasteiger partial charge in [0.1, 0.15) is 0 Å². The third-order valence-corrected chi connectivity index (χ3v) is 5.31. The third kappa shape index (κ3) is 6.46. The van der Waals surface area contributed by atoms with Gasteiger partial charge in [-0.1, -0.05) is 23.2 Å². The van der Waals surface area contributed by atoms with E-state index in [0.29, 0.717) is 22.0 Å². The van der Waals surface area contributed by atoms with E-state index in [2.05, 4.69) is 5.32 Å². The quantitative estimate of drug-likeness (QED) is 0.583. The van der Waals surface area contributed by atoms with E-state index in [1.165, 1.54) is 17.0 Å². The second-order valence-electron chi connectivity index (χ2n) is 7.69. The maximum absolute atomic E-state index is 12.4. The van der Waals surface area contributed by atoms with Gasteiger partial charge in [-0.05, 0) is 56.3 Å². The molecule has 0 bridgehead atoms. The lowest BCUT2D eigenvalue weighted by Gasteiger charge is -2.17. The minimum absolute atomic E-state index is 0.0411. The van der Waals surface area contributed by atoms with Crippen LogP contribution >= 0.6 is 23.2 Å². The van der Waals surface area contributed by atoms with Gasteiger partial charge in [0.2, 0.25) is 5.91 Å². The van der Waals surface area contributed by atoms with Gasteiger partial charge in [0.05, 0.1) is 28.3 Å². The molecule has 2 aromatic rings. The molecule has 1 fully saturated rings. The van der Waals surface area contributed by atoms with Crippen LogP contribution in [0.2, 0.25) is 10.0 Å². The van der Waals surface area contributed by atoms with Crippen LogP contribution in [0.25, 0.3) is 0 Å². The molecule has 0 spiro atoms. The van der Waals surface area contributed by atoms with E-state index in [1.807, 2.05) is 0 Å². The van der Waals surface area contributed by atoms with E-state index < -0.39 is 30.4 Å². The molecule has 10 heteroatoms. The number of hydrogen-bond donors (Lipinski definition) is 1. The molecule has 1 N–H and O–H groups in total. The van der Waals surface area contributed by atoms with Crippen LogP contribution in [0.15, 0.2) is 42.5 Å². The molecule has 0 aromatic heterocycles. The summed E-state index contributed by atoms with van der Waals surface area (Å²) in [5.41, 5.74) is 1.25. The summed E-state index contributed by atoms with van der Waals surface area (Å²) in [6.45, 7) is 3.10. The van der Waals surface area contributed by atoms with Crippen molar-refractivity contribution in [3.63, 3.8) is 0 Å². The van der Waals surface area contributed by atoms with E-state index in [9.17, 15) is 19.2 Å². The van der Waals surface area contributed by atoms with Crippen LogP contribution in [0.1, 0.15) is 30.6 Å². The Bertz CT molecular complexity index is 1070. The lowest BCUT2D eigenvalue weighted by atomic mass is 10.1. The van der Waals surface area contributed by atoms with Gasteiger partial charge in [-0.2, -0.15) is 0 Å². The summed E-state index contributed by atoms with van der Waals surface area (Å²) in [6, 6.07) is 10.9. The van der Waals surface area contributed by atoms with Gasteiger partial charge >= 0.3 is 11.9 Å². The third-order valence-electron chi connectivity index (χ3n) is 4.77. The first-order chi connectivity index (χ1) is 15.6. The summed E-state index contributed by atoms with van der Waals surface area (Å²) in [6.07, 6.45) is -0.282. The fraction of sp³-hybridized carbons (Fsp3) is 0.304. The minimum atomic E-state index is -0.713. The summed E-state index contributed by atoms with van der Waals surface area (Å²) in [7, 11) is 0. The summed E-state index contributed by atoms with van der Waals surface area (Å²) in [5.74, 6) is -2.65. The van der Waals surface area contributed by atoms with Crippen molar-refractivity contribution >= 4 is 58.3 Å². The van der Waals surface area contributed by atoms with Crippen LogP contribution in [0.3, 0.4) is 0 Å². The van der Waals surface area contributed by atoms with Gasteiger partial charge in [-0.15, -0.1) is 0 Å². The Hall–Kier alpha value is -3.10. The Morgan fingerprint density at radius 2 is 1.82 bits per heavy atom. The smallest absolute Gasteiger partial charge is 0.338 e. The fourth-order valence-corrected chi connectivity index (χ4v) is 3.66. The Balaban J connectivity index is 1.53. The van der Waals surface area contributed by atoms with Crippen molar-refractivity contribution in [2.24, 2.45) is 5.92 Å². The highest BCUT2D eigenvalue weighted by Gasteiger charge is 2.36. The topological polar surface area (TPSA) is 102 Å². The molecule has 1 atom stereocenters. The number of nitrogens with zero attached hydrogens (tertiary/aromatic N) is 1. The van der Waals surface area contributed by atoms with Crippen molar-refractivity contribution in [2.75, 3.05) is 23.4 Å². The predicted octanol–water partition coefficient (Wildman–Crippen LogP) is 4.09. The van der Waals surface area contributed by atoms with E-state index in [-0.39, 0.29) is 30.0 Å². The average molecular weight is 493 g/mol. The average Bonchev–Trinajstić information content (AvgIpc) is 3.15. The Labute approximate surface area is 200 Å². The first-order valence-corrected chi connectivity index (χ1v) is 10.9. The molecule has 0 aliphatic carbocycles. The largest absolute Gasteiger partial charge is 0.459 e. The van der Waals surface area contributed by atoms with Gasteiger partial charge in [-0.3, -0.25) is 14.4 Å². The van der Waals surface area contributed by atoms with Crippen molar-refractivity contribution < 1.29 is 28.7 Å². The van der Waals surface area contributed by atoms with Gasteiger partial charge in [0, 0.05) is 23.7 Å². The molecule has 2 aromatic carbocycles. The number of rotatable bonds is 7. The highest BCUT2D eigenvalue weighted by Crippen LogP contribution is 2.27. The molecule has 1 aliphatic rings. The SMILES string of the molecule is CC(C)OC(=O)c1ccc(N2C[C@H](C(=O)OCC(=O)Nc3ccc(Cl)cc3Cl)CC2=O)cc1. The monoisotopic (exact) mass is 492 g/mol. The second-order valence-corrected chi connectivity index (χ2v) is 8.53. The van der Waals surface area contributed by atoms with Crippen molar-refractivity contribution in [1.29, 1.82) is 0 Å². The molecule has 3 rings (SSSR count). The molecule has 0 saturated carbocycles. The van der Waals surface area contributed by atoms with Crippen LogP contribution in [-0.2, 0) is 23.9 Å². The number of nitrogens with one attached hydrogen (secondary N) is 1. The molecular formula is C23H22Cl2N2O6. The van der Waals surface area contributed by atoms with Crippen molar-refractivity contribution in [3.05, 3.63) is 58.1 Å². The van der Waals surface area contributed by atoms with E-state index in [0.717, 1.165) is 0 Å². The zero-order valence-electron chi connectivity index (χ0n) is 18.0. The van der Waals surface area contributed by atoms with Crippen molar-refractivity contribution in [1.82, 2.24) is 0 Å². The molecule has 2 amide bonds. The molecule has 33 heavy (non-hydrogen) atoms. The summed E-state index contributed by atoms with van der Waals surface area (Å²) < 4.78 is 10.2. The normalized spacial score (nSPS) is 15.5. The molecule has 1 heterocycles. The number of amides is 2. The summed E-state index contributed by atoms with van der Waals surface area (Å²) >= 11 is 11.8. The van der Waals surface area contributed by atoms with Gasteiger partial charge in [0.15, 0.2) is 6.61 Å². The highest BCUT2D eigenvalue weighted by atomic mass is 35.5. The summed E-state index contributed by atoms with van der Waals surface area (Å²) in [5, 5.41) is 3.20. The Morgan fingerprint density at radius 1 is 1.12 bits per heavy atom. The van der Waals surface area contributed by atoms with Gasteiger partial charge < -0.3 is 19.7 Å². The molecule has 8 nitrogen and oxygen atoms in total. The number of anilines is 2. The number of benzene rings is 2. The number of halogens is 2. The standard InChI is InChI=1S/C23H22Cl2N2O6/c1-13(2)33-23(31)14-3-6-17(7-4-14)27-11-15(9-21(27)29)22(30)32-12-20(28)26-19-8-5-16(24)10-18(19)25/h3-8,10,13,15H,9,11-12H2,1-2H3,(H,26,28)/t15-/m1/s1. The molecular weight excluding hydrogens is 471 g/mol. The lowest BCUT2D eigenvalue weighted by Crippen LogP contribution is -2.28. The maximum Gasteiger partial charge on any atom is 0.338 e. The number of ether oxygens (including phenoxy) is 2. The van der Waals surface area contributed by atoms with Gasteiger partial charge in [-0.25, -0.2) is 4.79 Å². The molecule has 0 radical (unpaired) electrons. The van der Waals surface area contributed by atoms with Crippen LogP contribution in [0.4, 0.5) is 11.4 Å². The summed E-state index contributed by atoms with van der Waals surface area (Å²) in [4.78, 5) is 50.3. The number of carbonyl (C=O) groups is 4. The number of carbonyl (C=O) groups excluding carboxylic acids is 4. The number of esters is 2. The fourth-order valence-electron chi connectivity index (χ4n) is 3.21. The van der Waals surface area contributed by atoms with Gasteiger partial charge in [0.25, 0.3) is 5.91 Å². The predicted molar refractivity (Wildman–Crippen MR) is 124 cm³/mol. The Kier molecular flexibility index (Phi) is 7.94. The number of hydrogen-bond acceptors (Lipinski definition) is 6. The molecule has 1 saturated heterocycles. The zero-order valence-corrected chi connectivity index (χ0v) is 19.5. The minimum Gasteiger partial charge on any atom is -0.459 e. The van der Waals surface area contributed by atoms with E-state index in [1.54, 1.807) is 44.2 Å². The van der Waals surface area contributed by atoms with Crippen molar-refractivity contribution in [2.45, 2.75) is 26.4 Å². The van der Waals surface area contributed by atoms with Crippen LogP contribution < -0.4 is 10.2 Å². The maximum atomic E-state index is 12.4. The molecule has 0 unspecified atom stereocenters. The second kappa shape index (κ2) is 10.7. The first kappa shape index (κ1) is 24.5. The zero-order chi connectivity index (χ0) is 24.1. The van der Waals surface area contributed by atoms with Crippen LogP contribution in [-0.4, -0.2) is 43.0 Å². The Morgan fingerprint density at radius 3 is 2.45 bits per heavy atom. The molecule has 1 aliphatic heterocycles. The van der Waals surface area contributed by atoms with E-state index in [4.69, 9.17) is 32.7 Å². The lowest BCUT2D eigenvalue weighted by molar-refractivity contribution is -0.151. The van der Waals surface area contributed by atoms with Crippen LogP contribution in [0, 0.1) is 5.92 Å². The first-order valence-electron chi connectivity index (χ1n) is 10.2. The van der Waals surface area contributed by atoms with Crippen molar-refractivity contribution in [3.8, 4) is 0 Å². The highest BCUT2D eigenvalue weighted by molar-refractivity contribution is 6.36. The van der Waals surface area contributed by atoms with Crippen LogP contribution in [0.5, 0.6) is 0 Å². The van der Waals surface area contributed by atoms with E-state index >= 15 is 0 Å². The molecule has 174 valence electrons.